The first-order valence-electron chi connectivity index (χ1n) is 5.88. The van der Waals surface area contributed by atoms with Crippen molar-refractivity contribution in [2.75, 3.05) is 11.6 Å². The molecule has 0 aliphatic carbocycles. The molecule has 0 unspecified atom stereocenters. The van der Waals surface area contributed by atoms with E-state index in [9.17, 15) is 13.2 Å². The summed E-state index contributed by atoms with van der Waals surface area (Å²) in [7, 11) is -3.73. The van der Waals surface area contributed by atoms with Crippen molar-refractivity contribution in [1.29, 1.82) is 0 Å². The van der Waals surface area contributed by atoms with Crippen molar-refractivity contribution in [2.24, 2.45) is 0 Å². The van der Waals surface area contributed by atoms with Gasteiger partial charge in [0.15, 0.2) is 0 Å². The number of hydrogen-bond acceptors (Lipinski definition) is 4. The molecule has 0 saturated carbocycles. The van der Waals surface area contributed by atoms with Crippen molar-refractivity contribution in [3.8, 4) is 0 Å². The molecule has 1 aliphatic heterocycles. The summed E-state index contributed by atoms with van der Waals surface area (Å²) >= 11 is 1.31. The van der Waals surface area contributed by atoms with Crippen LogP contribution in [0.3, 0.4) is 0 Å². The van der Waals surface area contributed by atoms with Gasteiger partial charge in [-0.1, -0.05) is 19.1 Å². The van der Waals surface area contributed by atoms with E-state index in [-0.39, 0.29) is 10.8 Å². The number of sulfonamides is 1. The molecule has 7 heteroatoms. The lowest BCUT2D eigenvalue weighted by Gasteiger charge is -2.20. The van der Waals surface area contributed by atoms with E-state index < -0.39 is 22.0 Å². The maximum atomic E-state index is 12.4. The van der Waals surface area contributed by atoms with Crippen LogP contribution >= 0.6 is 11.8 Å². The van der Waals surface area contributed by atoms with Crippen molar-refractivity contribution >= 4 is 27.8 Å². The number of carboxylic acid groups (broad SMARTS) is 1. The number of benzene rings is 1. The van der Waals surface area contributed by atoms with Gasteiger partial charge in [0, 0.05) is 5.75 Å². The maximum absolute atomic E-state index is 12.4. The third kappa shape index (κ3) is 2.77. The van der Waals surface area contributed by atoms with Crippen LogP contribution in [0.5, 0.6) is 0 Å². The first kappa shape index (κ1) is 14.4. The predicted octanol–water partition coefficient (Wildman–Crippen LogP) is 1.40. The van der Waals surface area contributed by atoms with Crippen molar-refractivity contribution in [3.63, 3.8) is 0 Å². The highest BCUT2D eigenvalue weighted by Crippen LogP contribution is 2.28. The number of aliphatic carboxylic acids is 1. The molecule has 19 heavy (non-hydrogen) atoms. The van der Waals surface area contributed by atoms with Crippen molar-refractivity contribution < 1.29 is 18.3 Å². The summed E-state index contributed by atoms with van der Waals surface area (Å²) in [6.45, 7) is 1.99. The lowest BCUT2D eigenvalue weighted by Crippen LogP contribution is -2.41. The second-order valence-corrected chi connectivity index (χ2v) is 7.13. The van der Waals surface area contributed by atoms with E-state index in [4.69, 9.17) is 5.11 Å². The molecule has 0 aromatic heterocycles. The first-order chi connectivity index (χ1) is 8.96. The van der Waals surface area contributed by atoms with Crippen molar-refractivity contribution in [3.05, 3.63) is 29.8 Å². The Bertz CT molecular complexity index is 568. The molecular formula is C12H15NO4S2. The standard InChI is InChI=1S/C12H15NO4S2/c1-2-9-3-5-10(6-4-9)19(16,17)13-8-18-7-11(13)12(14)15/h3-6,11H,2,7-8H2,1H3,(H,14,15)/t11-/m1/s1. The highest BCUT2D eigenvalue weighted by Gasteiger charge is 2.39. The fraction of sp³-hybridized carbons (Fsp3) is 0.417. The Labute approximate surface area is 116 Å². The molecule has 0 bridgehead atoms. The van der Waals surface area contributed by atoms with Gasteiger partial charge >= 0.3 is 5.97 Å². The molecule has 1 fully saturated rings. The molecule has 1 aromatic carbocycles. The molecule has 0 amide bonds. The minimum atomic E-state index is -3.73. The molecule has 0 spiro atoms. The molecule has 0 radical (unpaired) electrons. The van der Waals surface area contributed by atoms with Gasteiger partial charge in [0.05, 0.1) is 10.8 Å². The minimum Gasteiger partial charge on any atom is -0.480 e. The highest BCUT2D eigenvalue weighted by atomic mass is 32.2. The zero-order valence-corrected chi connectivity index (χ0v) is 12.1. The average molecular weight is 301 g/mol. The highest BCUT2D eigenvalue weighted by molar-refractivity contribution is 8.00. The van der Waals surface area contributed by atoms with Crippen LogP contribution in [-0.2, 0) is 21.2 Å². The van der Waals surface area contributed by atoms with E-state index in [0.717, 1.165) is 16.3 Å². The molecule has 5 nitrogen and oxygen atoms in total. The fourth-order valence-electron chi connectivity index (χ4n) is 1.89. The SMILES string of the molecule is CCc1ccc(S(=O)(=O)N2CSC[C@@H]2C(=O)O)cc1. The van der Waals surface area contributed by atoms with Crippen molar-refractivity contribution in [1.82, 2.24) is 4.31 Å². The lowest BCUT2D eigenvalue weighted by molar-refractivity contribution is -0.140. The Hall–Kier alpha value is -1.05. The zero-order valence-electron chi connectivity index (χ0n) is 10.4. The van der Waals surface area contributed by atoms with Gasteiger partial charge < -0.3 is 5.11 Å². The third-order valence-electron chi connectivity index (χ3n) is 3.07. The second-order valence-electron chi connectivity index (χ2n) is 4.24. The van der Waals surface area contributed by atoms with Crippen LogP contribution in [0.1, 0.15) is 12.5 Å². The molecule has 1 atom stereocenters. The van der Waals surface area contributed by atoms with Crippen LogP contribution in [0.2, 0.25) is 0 Å². The summed E-state index contributed by atoms with van der Waals surface area (Å²) in [6, 6.07) is 5.62. The minimum absolute atomic E-state index is 0.151. The molecule has 1 aromatic rings. The summed E-state index contributed by atoms with van der Waals surface area (Å²) in [6.07, 6.45) is 0.831. The average Bonchev–Trinajstić information content (AvgIpc) is 2.89. The monoisotopic (exact) mass is 301 g/mol. The summed E-state index contributed by atoms with van der Waals surface area (Å²) < 4.78 is 25.9. The molecule has 1 aliphatic rings. The van der Waals surface area contributed by atoms with Gasteiger partial charge in [-0.15, -0.1) is 11.8 Å². The van der Waals surface area contributed by atoms with Crippen LogP contribution in [0.15, 0.2) is 29.2 Å². The van der Waals surface area contributed by atoms with Crippen LogP contribution in [0, 0.1) is 0 Å². The number of nitrogens with zero attached hydrogens (tertiary/aromatic N) is 1. The molecule has 104 valence electrons. The van der Waals surface area contributed by atoms with Crippen molar-refractivity contribution in [2.45, 2.75) is 24.3 Å². The first-order valence-corrected chi connectivity index (χ1v) is 8.47. The maximum Gasteiger partial charge on any atom is 0.322 e. The van der Waals surface area contributed by atoms with E-state index in [1.54, 1.807) is 12.1 Å². The van der Waals surface area contributed by atoms with Gasteiger partial charge in [-0.25, -0.2) is 8.42 Å². The lowest BCUT2D eigenvalue weighted by atomic mass is 10.2. The van der Waals surface area contributed by atoms with Gasteiger partial charge in [-0.2, -0.15) is 4.31 Å². The van der Waals surface area contributed by atoms with E-state index in [1.165, 1.54) is 23.9 Å². The smallest absolute Gasteiger partial charge is 0.322 e. The molecule has 1 heterocycles. The molecular weight excluding hydrogens is 286 g/mol. The van der Waals surface area contributed by atoms with Crippen LogP contribution in [0.4, 0.5) is 0 Å². The van der Waals surface area contributed by atoms with Gasteiger partial charge in [0.2, 0.25) is 10.0 Å². The Kier molecular flexibility index (Phi) is 4.17. The number of aryl methyl sites for hydroxylation is 1. The summed E-state index contributed by atoms with van der Waals surface area (Å²) in [5.74, 6) is -0.616. The summed E-state index contributed by atoms with van der Waals surface area (Å²) in [5, 5.41) is 9.06. The quantitative estimate of drug-likeness (QED) is 0.910. The summed E-state index contributed by atoms with van der Waals surface area (Å²) in [4.78, 5) is 11.2. The Morgan fingerprint density at radius 3 is 2.58 bits per heavy atom. The van der Waals surface area contributed by atoms with Crippen LogP contribution < -0.4 is 0 Å². The Morgan fingerprint density at radius 2 is 2.05 bits per heavy atom. The number of carbonyl (C=O) groups is 1. The molecule has 2 rings (SSSR count). The van der Waals surface area contributed by atoms with E-state index in [2.05, 4.69) is 0 Å². The molecule has 1 saturated heterocycles. The number of thioether (sulfide) groups is 1. The zero-order chi connectivity index (χ0) is 14.0. The Morgan fingerprint density at radius 1 is 1.42 bits per heavy atom. The van der Waals surface area contributed by atoms with Gasteiger partial charge in [0.25, 0.3) is 0 Å². The van der Waals surface area contributed by atoms with Gasteiger partial charge in [0.1, 0.15) is 6.04 Å². The number of rotatable bonds is 4. The van der Waals surface area contributed by atoms with Crippen LogP contribution in [0.25, 0.3) is 0 Å². The van der Waals surface area contributed by atoms with E-state index >= 15 is 0 Å². The molecule has 1 N–H and O–H groups in total. The largest absolute Gasteiger partial charge is 0.480 e. The predicted molar refractivity (Wildman–Crippen MR) is 73.6 cm³/mol. The summed E-state index contributed by atoms with van der Waals surface area (Å²) in [5.41, 5.74) is 1.05. The topological polar surface area (TPSA) is 74.7 Å². The number of hydrogen-bond donors (Lipinski definition) is 1. The van der Waals surface area contributed by atoms with Gasteiger partial charge in [-0.3, -0.25) is 4.79 Å². The second kappa shape index (κ2) is 5.52. The normalized spacial score (nSPS) is 20.6. The Balaban J connectivity index is 2.33. The third-order valence-corrected chi connectivity index (χ3v) is 6.11. The number of carboxylic acids is 1. The van der Waals surface area contributed by atoms with E-state index in [1.807, 2.05) is 6.92 Å². The van der Waals surface area contributed by atoms with Crippen LogP contribution in [-0.4, -0.2) is 41.5 Å². The van der Waals surface area contributed by atoms with Gasteiger partial charge in [-0.05, 0) is 24.1 Å². The fourth-order valence-corrected chi connectivity index (χ4v) is 5.03. The van der Waals surface area contributed by atoms with E-state index in [0.29, 0.717) is 5.75 Å².